The van der Waals surface area contributed by atoms with Gasteiger partial charge >= 0.3 is 0 Å². The molecule has 3 aromatic carbocycles. The lowest BCUT2D eigenvalue weighted by Crippen LogP contribution is -2.51. The maximum absolute atomic E-state index is 14.0. The van der Waals surface area contributed by atoms with E-state index >= 15 is 0 Å². The van der Waals surface area contributed by atoms with Crippen molar-refractivity contribution in [1.29, 1.82) is 0 Å². The smallest absolute Gasteiger partial charge is 0.264 e. The van der Waals surface area contributed by atoms with Crippen LogP contribution in [0.2, 0.25) is 5.02 Å². The third kappa shape index (κ3) is 8.24. The Hall–Kier alpha value is -3.56. The fourth-order valence-electron chi connectivity index (χ4n) is 4.30. The topological polar surface area (TPSA) is 96.0 Å². The summed E-state index contributed by atoms with van der Waals surface area (Å²) >= 11 is 6.37. The summed E-state index contributed by atoms with van der Waals surface area (Å²) in [7, 11) is -2.73. The highest BCUT2D eigenvalue weighted by molar-refractivity contribution is 7.92. The number of aryl methyl sites for hydroxylation is 2. The summed E-state index contributed by atoms with van der Waals surface area (Å²) in [4.78, 5) is 28.5. The van der Waals surface area contributed by atoms with E-state index in [0.29, 0.717) is 12.3 Å². The van der Waals surface area contributed by atoms with Crippen molar-refractivity contribution < 1.29 is 22.7 Å². The van der Waals surface area contributed by atoms with Gasteiger partial charge in [-0.1, -0.05) is 72.5 Å². The Morgan fingerprint density at radius 2 is 1.71 bits per heavy atom. The molecule has 0 bridgehead atoms. The Labute approximate surface area is 248 Å². The summed E-state index contributed by atoms with van der Waals surface area (Å²) in [5.41, 5.74) is 2.92. The van der Waals surface area contributed by atoms with Crippen molar-refractivity contribution in [3.8, 4) is 5.75 Å². The number of ether oxygens (including phenoxy) is 1. The van der Waals surface area contributed by atoms with Crippen LogP contribution in [-0.2, 0) is 26.2 Å². The Morgan fingerprint density at radius 3 is 2.32 bits per heavy atom. The molecule has 3 aromatic rings. The maximum atomic E-state index is 14.0. The van der Waals surface area contributed by atoms with Crippen LogP contribution in [0.15, 0.2) is 71.6 Å². The predicted octanol–water partition coefficient (Wildman–Crippen LogP) is 5.49. The van der Waals surface area contributed by atoms with Crippen molar-refractivity contribution in [3.63, 3.8) is 0 Å². The number of nitrogens with one attached hydrogen (secondary N) is 1. The molecule has 1 atom stereocenters. The molecule has 0 saturated heterocycles. The van der Waals surface area contributed by atoms with Crippen molar-refractivity contribution in [2.75, 3.05) is 24.5 Å². The first kappa shape index (κ1) is 32.0. The van der Waals surface area contributed by atoms with E-state index < -0.39 is 28.5 Å². The summed E-state index contributed by atoms with van der Waals surface area (Å²) in [5, 5.41) is 3.08. The van der Waals surface area contributed by atoms with Gasteiger partial charge in [0.2, 0.25) is 11.8 Å². The van der Waals surface area contributed by atoms with Gasteiger partial charge in [-0.2, -0.15) is 0 Å². The fourth-order valence-corrected chi connectivity index (χ4v) is 5.96. The molecule has 0 aliphatic rings. The van der Waals surface area contributed by atoms with Gasteiger partial charge in [0.1, 0.15) is 18.3 Å². The normalized spacial score (nSPS) is 12.0. The van der Waals surface area contributed by atoms with Gasteiger partial charge in [-0.3, -0.25) is 13.9 Å². The van der Waals surface area contributed by atoms with Crippen LogP contribution in [0.4, 0.5) is 5.69 Å². The molecule has 1 N–H and O–H groups in total. The van der Waals surface area contributed by atoms with E-state index in [0.717, 1.165) is 33.8 Å². The third-order valence-corrected chi connectivity index (χ3v) is 8.83. The van der Waals surface area contributed by atoms with Gasteiger partial charge in [0.25, 0.3) is 10.0 Å². The minimum atomic E-state index is -4.19. The average Bonchev–Trinajstić information content (AvgIpc) is 2.94. The number of halogens is 1. The number of methoxy groups -OCH3 is 1. The molecule has 0 aromatic heterocycles. The van der Waals surface area contributed by atoms with E-state index in [2.05, 4.69) is 5.32 Å². The third-order valence-electron chi connectivity index (χ3n) is 6.74. The van der Waals surface area contributed by atoms with Gasteiger partial charge < -0.3 is 15.0 Å². The van der Waals surface area contributed by atoms with Crippen LogP contribution in [-0.4, -0.2) is 51.4 Å². The first-order chi connectivity index (χ1) is 19.5. The standard InChI is InChI=1S/C31H38ClN3O5S/c1-6-7-17-33-31(37)24(4)34(20-25-10-8-9-23(3)18-25)30(36)21-35(26-13-16-29(40-5)28(32)19-26)41(38,39)27-14-11-22(2)12-15-27/h8-16,18-19,24H,6-7,17,20-21H2,1-5H3,(H,33,37)/t24-/m0/s1. The van der Waals surface area contributed by atoms with Gasteiger partial charge in [0, 0.05) is 13.1 Å². The lowest BCUT2D eigenvalue weighted by atomic mass is 10.1. The molecule has 3 rings (SSSR count). The van der Waals surface area contributed by atoms with Crippen molar-refractivity contribution in [3.05, 3.63) is 88.4 Å². The Kier molecular flexibility index (Phi) is 11.2. The number of hydrogen-bond donors (Lipinski definition) is 1. The fraction of sp³-hybridized carbons (Fsp3) is 0.355. The second-order valence-electron chi connectivity index (χ2n) is 9.97. The summed E-state index contributed by atoms with van der Waals surface area (Å²) in [6.45, 7) is 7.55. The summed E-state index contributed by atoms with van der Waals surface area (Å²) in [5.74, 6) is -0.472. The second-order valence-corrected chi connectivity index (χ2v) is 12.2. The highest BCUT2D eigenvalue weighted by Gasteiger charge is 2.32. The van der Waals surface area contributed by atoms with Crippen LogP contribution < -0.4 is 14.4 Å². The zero-order valence-electron chi connectivity index (χ0n) is 24.2. The van der Waals surface area contributed by atoms with Crippen LogP contribution in [0.1, 0.15) is 43.4 Å². The molecular weight excluding hydrogens is 562 g/mol. The molecule has 220 valence electrons. The minimum Gasteiger partial charge on any atom is -0.495 e. The van der Waals surface area contributed by atoms with E-state index in [4.69, 9.17) is 16.3 Å². The molecular formula is C31H38ClN3O5S. The Bertz CT molecular complexity index is 1460. The number of nitrogens with zero attached hydrogens (tertiary/aromatic N) is 2. The SMILES string of the molecule is CCCCNC(=O)[C@H](C)N(Cc1cccc(C)c1)C(=O)CN(c1ccc(OC)c(Cl)c1)S(=O)(=O)c1ccc(C)cc1. The minimum absolute atomic E-state index is 0.0263. The molecule has 0 aliphatic heterocycles. The highest BCUT2D eigenvalue weighted by atomic mass is 35.5. The number of anilines is 1. The van der Waals surface area contributed by atoms with Crippen molar-refractivity contribution in [1.82, 2.24) is 10.2 Å². The van der Waals surface area contributed by atoms with Gasteiger partial charge in [-0.15, -0.1) is 0 Å². The molecule has 0 radical (unpaired) electrons. The summed E-state index contributed by atoms with van der Waals surface area (Å²) in [6, 6.07) is 17.7. The summed E-state index contributed by atoms with van der Waals surface area (Å²) in [6.07, 6.45) is 1.72. The van der Waals surface area contributed by atoms with Crippen LogP contribution in [0.5, 0.6) is 5.75 Å². The molecule has 0 heterocycles. The molecule has 0 saturated carbocycles. The lowest BCUT2D eigenvalue weighted by Gasteiger charge is -2.32. The van der Waals surface area contributed by atoms with Crippen LogP contribution in [0.25, 0.3) is 0 Å². The first-order valence-corrected chi connectivity index (χ1v) is 15.4. The maximum Gasteiger partial charge on any atom is 0.264 e. The molecule has 10 heteroatoms. The predicted molar refractivity (Wildman–Crippen MR) is 163 cm³/mol. The van der Waals surface area contributed by atoms with E-state index in [9.17, 15) is 18.0 Å². The van der Waals surface area contributed by atoms with Gasteiger partial charge in [0.15, 0.2) is 0 Å². The van der Waals surface area contributed by atoms with Crippen molar-refractivity contribution in [2.24, 2.45) is 0 Å². The molecule has 0 spiro atoms. The average molecular weight is 600 g/mol. The number of carbonyl (C=O) groups excluding carboxylic acids is 2. The number of rotatable bonds is 13. The van der Waals surface area contributed by atoms with Gasteiger partial charge in [0.05, 0.1) is 22.7 Å². The van der Waals surface area contributed by atoms with Crippen LogP contribution in [0, 0.1) is 13.8 Å². The Morgan fingerprint density at radius 1 is 1.00 bits per heavy atom. The summed E-state index contributed by atoms with van der Waals surface area (Å²) < 4.78 is 34.2. The molecule has 0 unspecified atom stereocenters. The number of sulfonamides is 1. The Balaban J connectivity index is 2.04. The molecule has 8 nitrogen and oxygen atoms in total. The molecule has 2 amide bonds. The van der Waals surface area contributed by atoms with E-state index in [1.54, 1.807) is 25.1 Å². The second kappa shape index (κ2) is 14.4. The van der Waals surface area contributed by atoms with Crippen molar-refractivity contribution >= 4 is 39.1 Å². The molecule has 41 heavy (non-hydrogen) atoms. The number of benzene rings is 3. The molecule has 0 aliphatic carbocycles. The number of carbonyl (C=O) groups is 2. The van der Waals surface area contributed by atoms with Gasteiger partial charge in [-0.05, 0) is 63.1 Å². The van der Waals surface area contributed by atoms with Crippen LogP contribution in [0.3, 0.4) is 0 Å². The van der Waals surface area contributed by atoms with Crippen molar-refractivity contribution in [2.45, 2.75) is 58.0 Å². The number of amides is 2. The quantitative estimate of drug-likeness (QED) is 0.262. The number of hydrogen-bond acceptors (Lipinski definition) is 5. The molecule has 0 fully saturated rings. The largest absolute Gasteiger partial charge is 0.495 e. The zero-order chi connectivity index (χ0) is 30.2. The van der Waals surface area contributed by atoms with E-state index in [1.165, 1.54) is 36.3 Å². The highest BCUT2D eigenvalue weighted by Crippen LogP contribution is 2.32. The monoisotopic (exact) mass is 599 g/mol. The zero-order valence-corrected chi connectivity index (χ0v) is 25.8. The first-order valence-electron chi connectivity index (χ1n) is 13.5. The van der Waals surface area contributed by atoms with E-state index in [1.807, 2.05) is 45.0 Å². The van der Waals surface area contributed by atoms with E-state index in [-0.39, 0.29) is 28.1 Å². The van der Waals surface area contributed by atoms with Gasteiger partial charge in [-0.25, -0.2) is 8.42 Å². The van der Waals surface area contributed by atoms with Crippen LogP contribution >= 0.6 is 11.6 Å². The number of unbranched alkanes of at least 4 members (excludes halogenated alkanes) is 1. The lowest BCUT2D eigenvalue weighted by molar-refractivity contribution is -0.139.